The Kier molecular flexibility index (Phi) is 5.38. The summed E-state index contributed by atoms with van der Waals surface area (Å²) >= 11 is 3.09. The number of nitrogens with zero attached hydrogens (tertiary/aromatic N) is 2. The molecule has 0 spiro atoms. The molecule has 1 fully saturated rings. The summed E-state index contributed by atoms with van der Waals surface area (Å²) in [5, 5.41) is 9.67. The molecule has 7 heteroatoms. The summed E-state index contributed by atoms with van der Waals surface area (Å²) in [6.45, 7) is 2.10. The van der Waals surface area contributed by atoms with Crippen LogP contribution in [0.5, 0.6) is 0 Å². The molecule has 0 unspecified atom stereocenters. The fraction of sp³-hybridized carbons (Fsp3) is 0.316. The predicted octanol–water partition coefficient (Wildman–Crippen LogP) is 3.91. The molecule has 0 atom stereocenters. The summed E-state index contributed by atoms with van der Waals surface area (Å²) in [4.78, 5) is 22.6. The molecule has 0 radical (unpaired) electrons. The van der Waals surface area contributed by atoms with Crippen molar-refractivity contribution in [1.29, 1.82) is 0 Å². The number of anilines is 1. The quantitative estimate of drug-likeness (QED) is 0.700. The number of rotatable bonds is 5. The maximum absolute atomic E-state index is 12.5. The fourth-order valence-corrected chi connectivity index (χ4v) is 4.86. The van der Waals surface area contributed by atoms with E-state index in [-0.39, 0.29) is 5.91 Å². The molecule has 1 aromatic carbocycles. The van der Waals surface area contributed by atoms with Crippen molar-refractivity contribution in [2.75, 3.05) is 18.4 Å². The molecule has 2 aromatic heterocycles. The average Bonchev–Trinajstić information content (AvgIpc) is 3.33. The lowest BCUT2D eigenvalue weighted by atomic mass is 9.97. The summed E-state index contributed by atoms with van der Waals surface area (Å²) in [5.41, 5.74) is 1.65. The van der Waals surface area contributed by atoms with Crippen LogP contribution in [0.1, 0.15) is 44.7 Å². The number of carbonyl (C=O) groups is 1. The van der Waals surface area contributed by atoms with Crippen molar-refractivity contribution < 1.29 is 4.79 Å². The third-order valence-corrected chi connectivity index (χ3v) is 6.39. The van der Waals surface area contributed by atoms with Crippen LogP contribution in [-0.4, -0.2) is 29.0 Å². The Bertz CT molecular complexity index is 869. The topological polar surface area (TPSA) is 66.9 Å². The van der Waals surface area contributed by atoms with Crippen molar-refractivity contribution in [2.24, 2.45) is 0 Å². The molecule has 1 aliphatic rings. The minimum absolute atomic E-state index is 0.188. The maximum atomic E-state index is 12.5. The van der Waals surface area contributed by atoms with Gasteiger partial charge in [0.05, 0.1) is 5.01 Å². The SMILES string of the molecule is O=C(Nc1ncc(C2CCNCC2)s1)c1csc(Cc2ccccc2)n1. The molecule has 0 bridgehead atoms. The molecule has 1 aliphatic heterocycles. The van der Waals surface area contributed by atoms with Crippen molar-refractivity contribution in [3.63, 3.8) is 0 Å². The number of aromatic nitrogens is 2. The Hall–Kier alpha value is -2.09. The third kappa shape index (κ3) is 4.17. The first-order chi connectivity index (χ1) is 12.8. The van der Waals surface area contributed by atoms with Crippen molar-refractivity contribution in [2.45, 2.75) is 25.2 Å². The number of thiazole rings is 2. The second-order valence-electron chi connectivity index (χ2n) is 6.34. The van der Waals surface area contributed by atoms with E-state index in [4.69, 9.17) is 0 Å². The highest BCUT2D eigenvalue weighted by molar-refractivity contribution is 7.15. The zero-order chi connectivity index (χ0) is 17.8. The van der Waals surface area contributed by atoms with Gasteiger partial charge < -0.3 is 5.32 Å². The Labute approximate surface area is 160 Å². The van der Waals surface area contributed by atoms with E-state index in [1.807, 2.05) is 29.8 Å². The smallest absolute Gasteiger partial charge is 0.276 e. The van der Waals surface area contributed by atoms with Crippen LogP contribution >= 0.6 is 22.7 Å². The zero-order valence-electron chi connectivity index (χ0n) is 14.3. The molecular weight excluding hydrogens is 364 g/mol. The van der Waals surface area contributed by atoms with Gasteiger partial charge in [-0.15, -0.1) is 22.7 Å². The van der Waals surface area contributed by atoms with Gasteiger partial charge in [-0.05, 0) is 37.4 Å². The Morgan fingerprint density at radius 3 is 2.85 bits per heavy atom. The van der Waals surface area contributed by atoms with E-state index < -0.39 is 0 Å². The van der Waals surface area contributed by atoms with E-state index in [2.05, 4.69) is 32.7 Å². The van der Waals surface area contributed by atoms with Crippen LogP contribution in [0, 0.1) is 0 Å². The molecule has 1 saturated heterocycles. The maximum Gasteiger partial charge on any atom is 0.276 e. The van der Waals surface area contributed by atoms with E-state index in [1.165, 1.54) is 21.8 Å². The van der Waals surface area contributed by atoms with Gasteiger partial charge in [-0.2, -0.15) is 0 Å². The summed E-state index contributed by atoms with van der Waals surface area (Å²) in [5.74, 6) is 0.364. The molecule has 0 aliphatic carbocycles. The van der Waals surface area contributed by atoms with E-state index >= 15 is 0 Å². The molecular formula is C19H20N4OS2. The van der Waals surface area contributed by atoms with Gasteiger partial charge in [0.25, 0.3) is 5.91 Å². The van der Waals surface area contributed by atoms with Crippen LogP contribution in [0.4, 0.5) is 5.13 Å². The lowest BCUT2D eigenvalue weighted by Crippen LogP contribution is -2.26. The lowest BCUT2D eigenvalue weighted by molar-refractivity contribution is 0.102. The Morgan fingerprint density at radius 1 is 1.23 bits per heavy atom. The van der Waals surface area contributed by atoms with Gasteiger partial charge in [-0.3, -0.25) is 10.1 Å². The third-order valence-electron chi connectivity index (χ3n) is 4.47. The second kappa shape index (κ2) is 8.07. The van der Waals surface area contributed by atoms with Crippen LogP contribution < -0.4 is 10.6 Å². The number of benzene rings is 1. The standard InChI is InChI=1S/C19H20N4OS2/c24-18(15-12-25-17(22-15)10-13-4-2-1-3-5-13)23-19-21-11-16(26-19)14-6-8-20-9-7-14/h1-5,11-12,14,20H,6-10H2,(H,21,23,24). The largest absolute Gasteiger partial charge is 0.317 e. The number of nitrogens with one attached hydrogen (secondary N) is 2. The number of carbonyl (C=O) groups excluding carboxylic acids is 1. The van der Waals surface area contributed by atoms with E-state index in [1.54, 1.807) is 11.3 Å². The van der Waals surface area contributed by atoms with Crippen LogP contribution in [0.15, 0.2) is 41.9 Å². The first-order valence-electron chi connectivity index (χ1n) is 8.74. The van der Waals surface area contributed by atoms with Gasteiger partial charge in [0.1, 0.15) is 5.69 Å². The van der Waals surface area contributed by atoms with Crippen LogP contribution in [-0.2, 0) is 6.42 Å². The highest BCUT2D eigenvalue weighted by Gasteiger charge is 2.19. The minimum atomic E-state index is -0.188. The van der Waals surface area contributed by atoms with Crippen molar-refractivity contribution >= 4 is 33.7 Å². The van der Waals surface area contributed by atoms with Crippen LogP contribution in [0.3, 0.4) is 0 Å². The van der Waals surface area contributed by atoms with Gasteiger partial charge in [0.15, 0.2) is 5.13 Å². The van der Waals surface area contributed by atoms with Gasteiger partial charge in [-0.25, -0.2) is 9.97 Å². The van der Waals surface area contributed by atoms with Crippen molar-refractivity contribution in [3.8, 4) is 0 Å². The Balaban J connectivity index is 1.38. The highest BCUT2D eigenvalue weighted by Crippen LogP contribution is 2.31. The molecule has 1 amide bonds. The van der Waals surface area contributed by atoms with E-state index in [0.717, 1.165) is 37.4 Å². The van der Waals surface area contributed by atoms with Gasteiger partial charge in [-0.1, -0.05) is 30.3 Å². The second-order valence-corrected chi connectivity index (χ2v) is 8.34. The summed E-state index contributed by atoms with van der Waals surface area (Å²) in [6, 6.07) is 10.2. The molecule has 0 saturated carbocycles. The predicted molar refractivity (Wildman–Crippen MR) is 106 cm³/mol. The Morgan fingerprint density at radius 2 is 2.04 bits per heavy atom. The molecule has 26 heavy (non-hydrogen) atoms. The number of hydrogen-bond donors (Lipinski definition) is 2. The van der Waals surface area contributed by atoms with Gasteiger partial charge in [0.2, 0.25) is 0 Å². The summed E-state index contributed by atoms with van der Waals surface area (Å²) in [7, 11) is 0. The highest BCUT2D eigenvalue weighted by atomic mass is 32.1. The van der Waals surface area contributed by atoms with Crippen molar-refractivity contribution in [1.82, 2.24) is 15.3 Å². The molecule has 4 rings (SSSR count). The summed E-state index contributed by atoms with van der Waals surface area (Å²) < 4.78 is 0. The van der Waals surface area contributed by atoms with Crippen molar-refractivity contribution in [3.05, 3.63) is 63.1 Å². The molecule has 5 nitrogen and oxygen atoms in total. The fourth-order valence-electron chi connectivity index (χ4n) is 3.07. The molecule has 3 heterocycles. The van der Waals surface area contributed by atoms with E-state index in [0.29, 0.717) is 16.7 Å². The zero-order valence-corrected chi connectivity index (χ0v) is 15.9. The lowest BCUT2D eigenvalue weighted by Gasteiger charge is -2.20. The minimum Gasteiger partial charge on any atom is -0.317 e. The summed E-state index contributed by atoms with van der Waals surface area (Å²) in [6.07, 6.45) is 4.91. The normalized spacial score (nSPS) is 15.1. The molecule has 134 valence electrons. The first kappa shape index (κ1) is 17.3. The van der Waals surface area contributed by atoms with Crippen LogP contribution in [0.2, 0.25) is 0 Å². The first-order valence-corrected chi connectivity index (χ1v) is 10.4. The monoisotopic (exact) mass is 384 g/mol. The molecule has 3 aromatic rings. The van der Waals surface area contributed by atoms with E-state index in [9.17, 15) is 4.79 Å². The number of piperidine rings is 1. The number of amides is 1. The van der Waals surface area contributed by atoms with Gasteiger partial charge in [0, 0.05) is 22.9 Å². The average molecular weight is 385 g/mol. The molecule has 2 N–H and O–H groups in total. The van der Waals surface area contributed by atoms with Gasteiger partial charge >= 0.3 is 0 Å². The van der Waals surface area contributed by atoms with Crippen LogP contribution in [0.25, 0.3) is 0 Å². The number of hydrogen-bond acceptors (Lipinski definition) is 6.